The first-order chi connectivity index (χ1) is 6.06. The van der Waals surface area contributed by atoms with Gasteiger partial charge in [0.15, 0.2) is 6.10 Å². The largest absolute Gasteiger partial charge is 0.390 e. The molecule has 1 aliphatic rings. The monoisotopic (exact) mass is 191 g/mol. The summed E-state index contributed by atoms with van der Waals surface area (Å²) in [7, 11) is 0. The van der Waals surface area contributed by atoms with Crippen LogP contribution in [0.2, 0.25) is 0 Å². The van der Waals surface area contributed by atoms with Gasteiger partial charge >= 0.3 is 5.97 Å². The molecule has 1 unspecified atom stereocenters. The number of carbonyl (C=O) groups is 1. The molecule has 6 nitrogen and oxygen atoms in total. The lowest BCUT2D eigenvalue weighted by Crippen LogP contribution is -2.49. The Kier molecular flexibility index (Phi) is 3.21. The second kappa shape index (κ2) is 4.01. The number of carbonyl (C=O) groups excluding carboxylic acids is 1. The Balaban J connectivity index is 2.58. The van der Waals surface area contributed by atoms with Crippen LogP contribution in [-0.4, -0.2) is 40.6 Å². The van der Waals surface area contributed by atoms with Crippen molar-refractivity contribution in [1.29, 1.82) is 0 Å². The molecular formula is C7H13NO5. The van der Waals surface area contributed by atoms with Gasteiger partial charge in [-0.2, -0.15) is 5.90 Å². The van der Waals surface area contributed by atoms with Gasteiger partial charge < -0.3 is 19.8 Å². The van der Waals surface area contributed by atoms with E-state index in [1.54, 1.807) is 6.92 Å². The zero-order chi connectivity index (χ0) is 10.0. The zero-order valence-electron chi connectivity index (χ0n) is 7.21. The molecule has 6 heteroatoms. The lowest BCUT2D eigenvalue weighted by molar-refractivity contribution is -0.190. The van der Waals surface area contributed by atoms with E-state index in [0.29, 0.717) is 0 Å². The molecule has 0 spiro atoms. The minimum absolute atomic E-state index is 0.00153. The van der Waals surface area contributed by atoms with E-state index in [2.05, 4.69) is 10.7 Å². The first kappa shape index (κ1) is 10.4. The molecule has 1 rings (SSSR count). The van der Waals surface area contributed by atoms with Crippen LogP contribution in [0.3, 0.4) is 0 Å². The van der Waals surface area contributed by atoms with Crippen molar-refractivity contribution in [1.82, 2.24) is 0 Å². The van der Waals surface area contributed by atoms with Crippen LogP contribution < -0.4 is 5.90 Å². The van der Waals surface area contributed by atoms with Crippen LogP contribution in [0.1, 0.15) is 13.3 Å². The fourth-order valence-corrected chi connectivity index (χ4v) is 1.29. The average molecular weight is 191 g/mol. The zero-order valence-corrected chi connectivity index (χ0v) is 7.21. The normalized spacial score (nSPS) is 40.0. The number of hydrogen-bond donors (Lipinski definition) is 3. The van der Waals surface area contributed by atoms with Gasteiger partial charge in [-0.05, 0) is 6.92 Å². The summed E-state index contributed by atoms with van der Waals surface area (Å²) in [5.41, 5.74) is 0. The number of hydrogen-bond acceptors (Lipinski definition) is 6. The van der Waals surface area contributed by atoms with Gasteiger partial charge in [-0.3, -0.25) is 0 Å². The Hall–Kier alpha value is -0.690. The number of ether oxygens (including phenoxy) is 1. The summed E-state index contributed by atoms with van der Waals surface area (Å²) >= 11 is 0. The number of aliphatic hydroxyl groups excluding tert-OH is 2. The standard InChI is InChI=1S/C7H13NO5/c1-3-6(10)4(9)2-5(12-3)7(11)13-8/h3-6,9-10H,2,8H2,1H3/t3?,4-,5-,6-/m0/s1. The summed E-state index contributed by atoms with van der Waals surface area (Å²) in [6.45, 7) is 1.56. The van der Waals surface area contributed by atoms with Gasteiger partial charge in [-0.25, -0.2) is 4.79 Å². The molecule has 0 amide bonds. The van der Waals surface area contributed by atoms with Crippen LogP contribution in [0.15, 0.2) is 0 Å². The lowest BCUT2D eigenvalue weighted by atomic mass is 9.99. The maximum absolute atomic E-state index is 10.9. The first-order valence-electron chi connectivity index (χ1n) is 3.98. The quantitative estimate of drug-likeness (QED) is 0.427. The summed E-state index contributed by atoms with van der Waals surface area (Å²) in [6, 6.07) is 0. The Bertz CT molecular complexity index is 185. The highest BCUT2D eigenvalue weighted by atomic mass is 16.7. The third kappa shape index (κ3) is 2.16. The van der Waals surface area contributed by atoms with Gasteiger partial charge in [0, 0.05) is 6.42 Å². The highest BCUT2D eigenvalue weighted by Crippen LogP contribution is 2.20. The minimum Gasteiger partial charge on any atom is -0.390 e. The van der Waals surface area contributed by atoms with Crippen molar-refractivity contribution in [3.05, 3.63) is 0 Å². The summed E-state index contributed by atoms with van der Waals surface area (Å²) in [6.07, 6.45) is -3.44. The molecule has 0 bridgehead atoms. The van der Waals surface area contributed by atoms with Crippen molar-refractivity contribution in [2.75, 3.05) is 0 Å². The van der Waals surface area contributed by atoms with Crippen molar-refractivity contribution < 1.29 is 24.6 Å². The van der Waals surface area contributed by atoms with E-state index in [1.165, 1.54) is 0 Å². The smallest absolute Gasteiger partial charge is 0.353 e. The Morgan fingerprint density at radius 1 is 1.62 bits per heavy atom. The van der Waals surface area contributed by atoms with Crippen LogP contribution in [0.5, 0.6) is 0 Å². The molecule has 0 aromatic carbocycles. The van der Waals surface area contributed by atoms with Crippen LogP contribution in [0.25, 0.3) is 0 Å². The van der Waals surface area contributed by atoms with Crippen molar-refractivity contribution in [2.24, 2.45) is 5.90 Å². The second-order valence-corrected chi connectivity index (χ2v) is 3.06. The fraction of sp³-hybridized carbons (Fsp3) is 0.857. The van der Waals surface area contributed by atoms with E-state index in [9.17, 15) is 15.0 Å². The van der Waals surface area contributed by atoms with E-state index in [1.807, 2.05) is 0 Å². The molecule has 0 radical (unpaired) electrons. The maximum Gasteiger partial charge on any atom is 0.353 e. The lowest BCUT2D eigenvalue weighted by Gasteiger charge is -2.33. The van der Waals surface area contributed by atoms with E-state index < -0.39 is 30.4 Å². The van der Waals surface area contributed by atoms with Gasteiger partial charge in [0.2, 0.25) is 0 Å². The van der Waals surface area contributed by atoms with E-state index in [-0.39, 0.29) is 6.42 Å². The van der Waals surface area contributed by atoms with Gasteiger partial charge in [0.25, 0.3) is 0 Å². The molecule has 76 valence electrons. The van der Waals surface area contributed by atoms with Crippen LogP contribution in [-0.2, 0) is 14.4 Å². The van der Waals surface area contributed by atoms with Crippen molar-refractivity contribution in [3.63, 3.8) is 0 Å². The molecule has 4 atom stereocenters. The van der Waals surface area contributed by atoms with Gasteiger partial charge in [0.1, 0.15) is 6.10 Å². The second-order valence-electron chi connectivity index (χ2n) is 3.06. The molecule has 0 aromatic rings. The SMILES string of the molecule is CC1O[C@H](C(=O)ON)C[C@H](O)[C@H]1O. The summed E-state index contributed by atoms with van der Waals surface area (Å²) in [5.74, 6) is 3.92. The molecule has 4 N–H and O–H groups in total. The maximum atomic E-state index is 10.9. The summed E-state index contributed by atoms with van der Waals surface area (Å²) in [5, 5.41) is 18.5. The van der Waals surface area contributed by atoms with Crippen LogP contribution in [0.4, 0.5) is 0 Å². The molecule has 1 saturated heterocycles. The fourth-order valence-electron chi connectivity index (χ4n) is 1.29. The molecular weight excluding hydrogens is 178 g/mol. The van der Waals surface area contributed by atoms with E-state index in [4.69, 9.17) is 4.74 Å². The van der Waals surface area contributed by atoms with E-state index in [0.717, 1.165) is 0 Å². The third-order valence-electron chi connectivity index (χ3n) is 2.09. The molecule has 13 heavy (non-hydrogen) atoms. The summed E-state index contributed by atoms with van der Waals surface area (Å²) in [4.78, 5) is 14.9. The van der Waals surface area contributed by atoms with E-state index >= 15 is 0 Å². The average Bonchev–Trinajstić information content (AvgIpc) is 2.12. The molecule has 1 heterocycles. The molecule has 0 saturated carbocycles. The van der Waals surface area contributed by atoms with Crippen LogP contribution >= 0.6 is 0 Å². The van der Waals surface area contributed by atoms with Gasteiger partial charge in [-0.15, -0.1) is 0 Å². The minimum atomic E-state index is -0.979. The first-order valence-corrected chi connectivity index (χ1v) is 3.98. The van der Waals surface area contributed by atoms with Gasteiger partial charge in [-0.1, -0.05) is 0 Å². The summed E-state index contributed by atoms with van der Waals surface area (Å²) < 4.78 is 5.06. The van der Waals surface area contributed by atoms with Crippen molar-refractivity contribution in [3.8, 4) is 0 Å². The number of aliphatic hydroxyl groups is 2. The van der Waals surface area contributed by atoms with Gasteiger partial charge in [0.05, 0.1) is 12.2 Å². The highest BCUT2D eigenvalue weighted by molar-refractivity contribution is 5.74. The van der Waals surface area contributed by atoms with Crippen molar-refractivity contribution in [2.45, 2.75) is 37.8 Å². The predicted octanol–water partition coefficient (Wildman–Crippen LogP) is -1.70. The topological polar surface area (TPSA) is 102 Å². The Morgan fingerprint density at radius 2 is 2.23 bits per heavy atom. The molecule has 0 aliphatic carbocycles. The molecule has 1 aliphatic heterocycles. The highest BCUT2D eigenvalue weighted by Gasteiger charge is 2.38. The number of nitrogens with two attached hydrogens (primary N) is 1. The Labute approximate surface area is 75.2 Å². The Morgan fingerprint density at radius 3 is 2.69 bits per heavy atom. The third-order valence-corrected chi connectivity index (χ3v) is 2.09. The van der Waals surface area contributed by atoms with Crippen LogP contribution in [0, 0.1) is 0 Å². The van der Waals surface area contributed by atoms with Crippen molar-refractivity contribution >= 4 is 5.97 Å². The number of rotatable bonds is 1. The predicted molar refractivity (Wildman–Crippen MR) is 41.2 cm³/mol. The molecule has 0 aromatic heterocycles. The molecule has 1 fully saturated rings.